The first-order valence-electron chi connectivity index (χ1n) is 5.46. The van der Waals surface area contributed by atoms with Crippen molar-refractivity contribution in [2.45, 2.75) is 18.6 Å². The molecule has 0 aromatic heterocycles. The number of aliphatic hydroxyl groups excluding tert-OH is 2. The molecule has 1 aromatic carbocycles. The van der Waals surface area contributed by atoms with Crippen LogP contribution in [0.3, 0.4) is 0 Å². The first kappa shape index (κ1) is 15.0. The van der Waals surface area contributed by atoms with Crippen LogP contribution in [0.1, 0.15) is 28.4 Å². The van der Waals surface area contributed by atoms with Gasteiger partial charge in [-0.2, -0.15) is 0 Å². The van der Waals surface area contributed by atoms with Crippen LogP contribution < -0.4 is 5.73 Å². The van der Waals surface area contributed by atoms with Gasteiger partial charge in [-0.1, -0.05) is 0 Å². The van der Waals surface area contributed by atoms with E-state index >= 15 is 0 Å². The molecule has 0 fully saturated rings. The third-order valence-electron chi connectivity index (χ3n) is 2.62. The number of hydrogen-bond acceptors (Lipinski definition) is 6. The molecule has 8 nitrogen and oxygen atoms in total. The van der Waals surface area contributed by atoms with Gasteiger partial charge < -0.3 is 21.1 Å². The van der Waals surface area contributed by atoms with Crippen LogP contribution in [0.5, 0.6) is 0 Å². The van der Waals surface area contributed by atoms with E-state index < -0.39 is 34.4 Å². The molecule has 0 saturated carbocycles. The summed E-state index contributed by atoms with van der Waals surface area (Å²) in [6, 6.07) is 3.16. The number of carbonyl (C=O) groups is 1. The van der Waals surface area contributed by atoms with Crippen LogP contribution in [0.15, 0.2) is 18.2 Å². The van der Waals surface area contributed by atoms with Gasteiger partial charge in [-0.05, 0) is 30.7 Å². The zero-order valence-electron chi connectivity index (χ0n) is 9.89. The Morgan fingerprint density at radius 3 is 2.53 bits per heavy atom. The minimum Gasteiger partial charge on any atom is -0.477 e. The summed E-state index contributed by atoms with van der Waals surface area (Å²) in [6.45, 7) is 0.150. The van der Waals surface area contributed by atoms with Gasteiger partial charge >= 0.3 is 5.97 Å². The molecule has 0 bridgehead atoms. The zero-order chi connectivity index (χ0) is 14.6. The van der Waals surface area contributed by atoms with Crippen molar-refractivity contribution in [2.24, 2.45) is 5.73 Å². The van der Waals surface area contributed by atoms with Gasteiger partial charge in [0.15, 0.2) is 0 Å². The van der Waals surface area contributed by atoms with Gasteiger partial charge in [0.25, 0.3) is 5.69 Å². The number of hydrogen-bond donors (Lipinski definition) is 4. The third-order valence-corrected chi connectivity index (χ3v) is 2.62. The maximum atomic E-state index is 10.9. The van der Waals surface area contributed by atoms with E-state index in [1.807, 2.05) is 0 Å². The number of rotatable bonds is 6. The van der Waals surface area contributed by atoms with Crippen molar-refractivity contribution in [3.8, 4) is 0 Å². The van der Waals surface area contributed by atoms with E-state index in [2.05, 4.69) is 0 Å². The van der Waals surface area contributed by atoms with Gasteiger partial charge in [-0.15, -0.1) is 0 Å². The standard InChI is InChI=1S/C11H14N2O6/c12-4-3-9(14)10(15)6-1-2-8(13(18)19)7(5-6)11(16)17/h1-2,5,9-10,14-15H,3-4,12H2,(H,16,17). The number of nitro groups is 1. The Kier molecular flexibility index (Phi) is 4.93. The molecule has 2 unspecified atom stereocenters. The maximum absolute atomic E-state index is 10.9. The predicted octanol–water partition coefficient (Wildman–Crippen LogP) is 0.0361. The molecule has 0 radical (unpaired) electrons. The zero-order valence-corrected chi connectivity index (χ0v) is 9.89. The Balaban J connectivity index is 3.15. The highest BCUT2D eigenvalue weighted by molar-refractivity contribution is 5.92. The molecule has 0 aliphatic carbocycles. The summed E-state index contributed by atoms with van der Waals surface area (Å²) in [7, 11) is 0. The molecule has 0 saturated heterocycles. The first-order chi connectivity index (χ1) is 8.88. The minimum absolute atomic E-state index is 0.0870. The fraction of sp³-hybridized carbons (Fsp3) is 0.364. The summed E-state index contributed by atoms with van der Waals surface area (Å²) in [5, 5.41) is 38.9. The van der Waals surface area contributed by atoms with Gasteiger partial charge in [-0.25, -0.2) is 4.79 Å². The highest BCUT2D eigenvalue weighted by Gasteiger charge is 2.24. The number of nitro benzene ring substituents is 1. The molecule has 0 heterocycles. The van der Waals surface area contributed by atoms with Crippen LogP contribution in [0.2, 0.25) is 0 Å². The molecule has 2 atom stereocenters. The molecule has 0 aliphatic rings. The Morgan fingerprint density at radius 1 is 1.42 bits per heavy atom. The summed E-state index contributed by atoms with van der Waals surface area (Å²) in [6.07, 6.45) is -2.38. The van der Waals surface area contributed by atoms with Gasteiger partial charge in [0.1, 0.15) is 11.7 Å². The monoisotopic (exact) mass is 270 g/mol. The number of nitrogens with two attached hydrogens (primary N) is 1. The normalized spacial score (nSPS) is 13.8. The Labute approximate surface area is 108 Å². The van der Waals surface area contributed by atoms with Crippen molar-refractivity contribution in [3.63, 3.8) is 0 Å². The Hall–Kier alpha value is -2.03. The summed E-state index contributed by atoms with van der Waals surface area (Å²) in [5.74, 6) is -1.48. The molecule has 8 heteroatoms. The average molecular weight is 270 g/mol. The van der Waals surface area contributed by atoms with Crippen molar-refractivity contribution in [3.05, 3.63) is 39.4 Å². The topological polar surface area (TPSA) is 147 Å². The number of nitrogens with zero attached hydrogens (tertiary/aromatic N) is 1. The molecular weight excluding hydrogens is 256 g/mol. The fourth-order valence-corrected chi connectivity index (χ4v) is 1.62. The largest absolute Gasteiger partial charge is 0.477 e. The van der Waals surface area contributed by atoms with Crippen LogP contribution in [-0.2, 0) is 0 Å². The smallest absolute Gasteiger partial charge is 0.342 e. The van der Waals surface area contributed by atoms with Crippen molar-refractivity contribution in [1.29, 1.82) is 0 Å². The second kappa shape index (κ2) is 6.23. The summed E-state index contributed by atoms with van der Waals surface area (Å²) < 4.78 is 0. The highest BCUT2D eigenvalue weighted by atomic mass is 16.6. The number of carboxylic acids is 1. The molecular formula is C11H14N2O6. The predicted molar refractivity (Wildman–Crippen MR) is 64.7 cm³/mol. The van der Waals surface area contributed by atoms with E-state index in [4.69, 9.17) is 10.8 Å². The second-order valence-corrected chi connectivity index (χ2v) is 3.93. The third kappa shape index (κ3) is 3.47. The van der Waals surface area contributed by atoms with E-state index in [1.54, 1.807) is 0 Å². The van der Waals surface area contributed by atoms with Gasteiger partial charge in [0.05, 0.1) is 11.0 Å². The molecule has 1 aromatic rings. The van der Waals surface area contributed by atoms with Crippen molar-refractivity contribution in [2.75, 3.05) is 6.54 Å². The quantitative estimate of drug-likeness (QED) is 0.421. The van der Waals surface area contributed by atoms with Crippen molar-refractivity contribution < 1.29 is 25.0 Å². The Morgan fingerprint density at radius 2 is 2.05 bits per heavy atom. The SMILES string of the molecule is NCCC(O)C(O)c1ccc([N+](=O)[O-])c(C(=O)O)c1. The van der Waals surface area contributed by atoms with Crippen molar-refractivity contribution in [1.82, 2.24) is 0 Å². The Bertz CT molecular complexity index is 490. The summed E-state index contributed by atoms with van der Waals surface area (Å²) in [5.41, 5.74) is 4.21. The molecule has 0 amide bonds. The molecule has 0 aliphatic heterocycles. The number of carboxylic acid groups (broad SMARTS) is 1. The van der Waals surface area contributed by atoms with Crippen molar-refractivity contribution >= 4 is 11.7 Å². The first-order valence-corrected chi connectivity index (χ1v) is 5.46. The molecule has 1 rings (SSSR count). The van der Waals surface area contributed by atoms with Crippen LogP contribution in [0.25, 0.3) is 0 Å². The molecule has 5 N–H and O–H groups in total. The highest BCUT2D eigenvalue weighted by Crippen LogP contribution is 2.25. The molecule has 19 heavy (non-hydrogen) atoms. The molecule has 0 spiro atoms. The summed E-state index contributed by atoms with van der Waals surface area (Å²) in [4.78, 5) is 20.8. The van der Waals surface area contributed by atoms with Crippen LogP contribution >= 0.6 is 0 Å². The van der Waals surface area contributed by atoms with E-state index in [0.29, 0.717) is 0 Å². The maximum Gasteiger partial charge on any atom is 0.342 e. The van der Waals surface area contributed by atoms with Gasteiger partial charge in [0.2, 0.25) is 0 Å². The van der Waals surface area contributed by atoms with E-state index in [1.165, 1.54) is 6.07 Å². The lowest BCUT2D eigenvalue weighted by Crippen LogP contribution is -2.22. The van der Waals surface area contributed by atoms with Crippen LogP contribution in [0.4, 0.5) is 5.69 Å². The lowest BCUT2D eigenvalue weighted by Gasteiger charge is -2.17. The minimum atomic E-state index is -1.48. The van der Waals surface area contributed by atoms with E-state index in [9.17, 15) is 25.1 Å². The molecule has 104 valence electrons. The second-order valence-electron chi connectivity index (χ2n) is 3.93. The lowest BCUT2D eigenvalue weighted by atomic mass is 9.99. The number of aliphatic hydroxyl groups is 2. The summed E-state index contributed by atoms with van der Waals surface area (Å²) >= 11 is 0. The van der Waals surface area contributed by atoms with Crippen LogP contribution in [-0.4, -0.2) is 38.9 Å². The van der Waals surface area contributed by atoms with E-state index in [-0.39, 0.29) is 18.5 Å². The number of aromatic carboxylic acids is 1. The van der Waals surface area contributed by atoms with Crippen LogP contribution in [0, 0.1) is 10.1 Å². The lowest BCUT2D eigenvalue weighted by molar-refractivity contribution is -0.385. The van der Waals surface area contributed by atoms with E-state index in [0.717, 1.165) is 12.1 Å². The van der Waals surface area contributed by atoms with Gasteiger partial charge in [0, 0.05) is 6.07 Å². The fourth-order valence-electron chi connectivity index (χ4n) is 1.62. The number of benzene rings is 1. The van der Waals surface area contributed by atoms with Gasteiger partial charge in [-0.3, -0.25) is 10.1 Å². The average Bonchev–Trinajstić information content (AvgIpc) is 2.37.